The number of hydrogen-bond donors (Lipinski definition) is 0. The number of carbonyl (C=O) groups excluding carboxylic acids is 1. The van der Waals surface area contributed by atoms with E-state index < -0.39 is 0 Å². The highest BCUT2D eigenvalue weighted by molar-refractivity contribution is 5.75. The predicted molar refractivity (Wildman–Crippen MR) is 64.6 cm³/mol. The van der Waals surface area contributed by atoms with E-state index in [1.54, 1.807) is 6.92 Å². The third kappa shape index (κ3) is 5.12. The molecular weight excluding hydrogens is 202 g/mol. The van der Waals surface area contributed by atoms with Crippen LogP contribution in [0.4, 0.5) is 0 Å². The van der Waals surface area contributed by atoms with E-state index in [2.05, 4.69) is 11.9 Å². The summed E-state index contributed by atoms with van der Waals surface area (Å²) in [6.07, 6.45) is 2.57. The Bertz CT molecular complexity index is 330. The van der Waals surface area contributed by atoms with E-state index >= 15 is 0 Å². The monoisotopic (exact) mass is 223 g/mol. The second-order valence-corrected chi connectivity index (χ2v) is 4.37. The zero-order chi connectivity index (χ0) is 12.0. The van der Waals surface area contributed by atoms with Crippen LogP contribution in [0.3, 0.4) is 0 Å². The molecule has 3 heteroatoms. The van der Waals surface area contributed by atoms with Gasteiger partial charge in [0.15, 0.2) is 0 Å². The van der Waals surface area contributed by atoms with Crippen LogP contribution in [-0.2, 0) is 11.2 Å². The third-order valence-corrected chi connectivity index (χ3v) is 2.60. The van der Waals surface area contributed by atoms with Gasteiger partial charge in [-0.15, -0.1) is 0 Å². The van der Waals surface area contributed by atoms with Gasteiger partial charge in [0.1, 0.15) is 17.3 Å². The van der Waals surface area contributed by atoms with E-state index in [0.717, 1.165) is 37.5 Å². The molecule has 0 aromatic carbocycles. The predicted octanol–water partition coefficient (Wildman–Crippen LogP) is 2.43. The number of likely N-dealkylation sites (N-methyl/N-ethyl adjacent to an activating group) is 1. The molecule has 1 aromatic heterocycles. The summed E-state index contributed by atoms with van der Waals surface area (Å²) in [5.74, 6) is 2.28. The fourth-order valence-corrected chi connectivity index (χ4v) is 1.63. The van der Waals surface area contributed by atoms with Crippen molar-refractivity contribution in [2.24, 2.45) is 0 Å². The number of Topliss-reactive ketones (excluding diaryl/α,β-unsaturated/α-hetero) is 1. The molecule has 0 amide bonds. The Morgan fingerprint density at radius 3 is 2.69 bits per heavy atom. The van der Waals surface area contributed by atoms with Gasteiger partial charge in [-0.3, -0.25) is 0 Å². The van der Waals surface area contributed by atoms with Crippen LogP contribution in [0.25, 0.3) is 0 Å². The van der Waals surface area contributed by atoms with E-state index in [1.165, 1.54) is 0 Å². The van der Waals surface area contributed by atoms with Crippen molar-refractivity contribution in [3.05, 3.63) is 23.7 Å². The molecule has 0 saturated heterocycles. The lowest BCUT2D eigenvalue weighted by atomic mass is 10.2. The standard InChI is InChI=1S/C13H21NO2/c1-11(15)5-4-9-14(3)10-8-13-7-6-12(2)16-13/h6-7H,4-5,8-10H2,1-3H3. The summed E-state index contributed by atoms with van der Waals surface area (Å²) in [6, 6.07) is 4.02. The van der Waals surface area contributed by atoms with Crippen LogP contribution in [0.5, 0.6) is 0 Å². The Morgan fingerprint density at radius 2 is 2.12 bits per heavy atom. The van der Waals surface area contributed by atoms with E-state index in [9.17, 15) is 4.79 Å². The molecular formula is C13H21NO2. The average Bonchev–Trinajstić information content (AvgIpc) is 2.61. The topological polar surface area (TPSA) is 33.5 Å². The summed E-state index contributed by atoms with van der Waals surface area (Å²) in [4.78, 5) is 13.0. The Morgan fingerprint density at radius 1 is 1.38 bits per heavy atom. The number of carbonyl (C=O) groups is 1. The Kier molecular flexibility index (Phi) is 5.26. The first-order valence-electron chi connectivity index (χ1n) is 5.81. The normalized spacial score (nSPS) is 11.0. The number of aryl methyl sites for hydroxylation is 1. The maximum absolute atomic E-state index is 10.8. The molecule has 3 nitrogen and oxygen atoms in total. The van der Waals surface area contributed by atoms with E-state index in [-0.39, 0.29) is 5.78 Å². The first kappa shape index (κ1) is 13.0. The molecule has 0 unspecified atom stereocenters. The second-order valence-electron chi connectivity index (χ2n) is 4.37. The molecule has 0 aliphatic heterocycles. The Labute approximate surface area is 97.4 Å². The van der Waals surface area contributed by atoms with Crippen molar-refractivity contribution in [3.63, 3.8) is 0 Å². The molecule has 0 fully saturated rings. The van der Waals surface area contributed by atoms with Crippen molar-refractivity contribution < 1.29 is 9.21 Å². The highest BCUT2D eigenvalue weighted by Crippen LogP contribution is 2.07. The molecule has 0 aliphatic rings. The molecule has 1 heterocycles. The van der Waals surface area contributed by atoms with Crippen molar-refractivity contribution in [1.82, 2.24) is 4.90 Å². The van der Waals surface area contributed by atoms with Gasteiger partial charge in [0.25, 0.3) is 0 Å². The van der Waals surface area contributed by atoms with Crippen molar-refractivity contribution in [3.8, 4) is 0 Å². The summed E-state index contributed by atoms with van der Waals surface area (Å²) in [6.45, 7) is 5.55. The van der Waals surface area contributed by atoms with Gasteiger partial charge < -0.3 is 14.1 Å². The molecule has 90 valence electrons. The van der Waals surface area contributed by atoms with Crippen LogP contribution in [0.1, 0.15) is 31.3 Å². The highest BCUT2D eigenvalue weighted by Gasteiger charge is 2.03. The molecule has 16 heavy (non-hydrogen) atoms. The number of furan rings is 1. The zero-order valence-corrected chi connectivity index (χ0v) is 10.5. The van der Waals surface area contributed by atoms with Gasteiger partial charge in [0.05, 0.1) is 0 Å². The van der Waals surface area contributed by atoms with Crippen LogP contribution in [0.2, 0.25) is 0 Å². The second kappa shape index (κ2) is 6.48. The fourth-order valence-electron chi connectivity index (χ4n) is 1.63. The third-order valence-electron chi connectivity index (χ3n) is 2.60. The van der Waals surface area contributed by atoms with Crippen LogP contribution in [-0.4, -0.2) is 30.8 Å². The molecule has 0 N–H and O–H groups in total. The van der Waals surface area contributed by atoms with E-state index in [0.29, 0.717) is 6.42 Å². The zero-order valence-electron chi connectivity index (χ0n) is 10.5. The van der Waals surface area contributed by atoms with Gasteiger partial charge >= 0.3 is 0 Å². The summed E-state index contributed by atoms with van der Waals surface area (Å²) >= 11 is 0. The molecule has 0 atom stereocenters. The Balaban J connectivity index is 2.15. The maximum Gasteiger partial charge on any atom is 0.129 e. The van der Waals surface area contributed by atoms with Crippen LogP contribution in [0.15, 0.2) is 16.5 Å². The van der Waals surface area contributed by atoms with Gasteiger partial charge in [-0.1, -0.05) is 0 Å². The minimum absolute atomic E-state index is 0.273. The maximum atomic E-state index is 10.8. The summed E-state index contributed by atoms with van der Waals surface area (Å²) in [5, 5.41) is 0. The molecule has 0 bridgehead atoms. The lowest BCUT2D eigenvalue weighted by Crippen LogP contribution is -2.22. The van der Waals surface area contributed by atoms with Crippen molar-refractivity contribution in [2.75, 3.05) is 20.1 Å². The first-order chi connectivity index (χ1) is 7.58. The molecule has 1 rings (SSSR count). The number of rotatable bonds is 7. The van der Waals surface area contributed by atoms with E-state index in [4.69, 9.17) is 4.42 Å². The van der Waals surface area contributed by atoms with Crippen molar-refractivity contribution >= 4 is 5.78 Å². The number of hydrogen-bond acceptors (Lipinski definition) is 3. The SMILES string of the molecule is CC(=O)CCCN(C)CCc1ccc(C)o1. The minimum atomic E-state index is 0.273. The quantitative estimate of drug-likeness (QED) is 0.712. The lowest BCUT2D eigenvalue weighted by molar-refractivity contribution is -0.117. The van der Waals surface area contributed by atoms with Gasteiger partial charge in [-0.05, 0) is 46.0 Å². The smallest absolute Gasteiger partial charge is 0.129 e. The van der Waals surface area contributed by atoms with Crippen molar-refractivity contribution in [1.29, 1.82) is 0 Å². The fraction of sp³-hybridized carbons (Fsp3) is 0.615. The van der Waals surface area contributed by atoms with Crippen LogP contribution < -0.4 is 0 Å². The molecule has 0 aliphatic carbocycles. The summed E-state index contributed by atoms with van der Waals surface area (Å²) in [7, 11) is 2.08. The number of nitrogens with zero attached hydrogens (tertiary/aromatic N) is 1. The molecule has 0 radical (unpaired) electrons. The highest BCUT2D eigenvalue weighted by atomic mass is 16.3. The van der Waals surface area contributed by atoms with Crippen LogP contribution >= 0.6 is 0 Å². The number of ketones is 1. The summed E-state index contributed by atoms with van der Waals surface area (Å²) in [5.41, 5.74) is 0. The average molecular weight is 223 g/mol. The summed E-state index contributed by atoms with van der Waals surface area (Å²) < 4.78 is 5.50. The van der Waals surface area contributed by atoms with Gasteiger partial charge in [0, 0.05) is 19.4 Å². The van der Waals surface area contributed by atoms with Gasteiger partial charge in [0.2, 0.25) is 0 Å². The van der Waals surface area contributed by atoms with Crippen molar-refractivity contribution in [2.45, 2.75) is 33.1 Å². The molecule has 0 saturated carbocycles. The van der Waals surface area contributed by atoms with Gasteiger partial charge in [-0.2, -0.15) is 0 Å². The van der Waals surface area contributed by atoms with Crippen LogP contribution in [0, 0.1) is 6.92 Å². The van der Waals surface area contributed by atoms with E-state index in [1.807, 2.05) is 19.1 Å². The van der Waals surface area contributed by atoms with Gasteiger partial charge in [-0.25, -0.2) is 0 Å². The molecule has 1 aromatic rings. The lowest BCUT2D eigenvalue weighted by Gasteiger charge is -2.14. The minimum Gasteiger partial charge on any atom is -0.466 e. The first-order valence-corrected chi connectivity index (χ1v) is 5.81. The molecule has 0 spiro atoms. The Hall–Kier alpha value is -1.09. The largest absolute Gasteiger partial charge is 0.466 e.